The number of halogens is 2. The molecule has 4 aromatic rings. The number of rotatable bonds is 13. The zero-order valence-electron chi connectivity index (χ0n) is 28.4. The van der Waals surface area contributed by atoms with Crippen LogP contribution in [-0.4, -0.2) is 66.4 Å². The van der Waals surface area contributed by atoms with E-state index in [-0.39, 0.29) is 19.1 Å². The lowest BCUT2D eigenvalue weighted by Gasteiger charge is -2.44. The summed E-state index contributed by atoms with van der Waals surface area (Å²) in [4.78, 5) is 39.7. The van der Waals surface area contributed by atoms with Gasteiger partial charge in [0, 0.05) is 31.6 Å². The lowest BCUT2D eigenvalue weighted by atomic mass is 9.86. The highest BCUT2D eigenvalue weighted by Gasteiger charge is 2.37. The minimum Gasteiger partial charge on any atom is -0.493 e. The average molecular weight is 732 g/mol. The van der Waals surface area contributed by atoms with Crippen LogP contribution < -0.4 is 14.4 Å². The fraction of sp³-hybridized carbons (Fsp3) is 0.385. The summed E-state index contributed by atoms with van der Waals surface area (Å²) in [5, 5.41) is 0.743. The molecule has 3 aliphatic heterocycles. The summed E-state index contributed by atoms with van der Waals surface area (Å²) >= 11 is 13.0. The molecule has 4 aliphatic rings. The van der Waals surface area contributed by atoms with Crippen molar-refractivity contribution in [2.45, 2.75) is 50.9 Å². The third-order valence-electron chi connectivity index (χ3n) is 9.85. The molecule has 2 bridgehead atoms. The van der Waals surface area contributed by atoms with Crippen LogP contribution >= 0.6 is 23.2 Å². The molecule has 0 unspecified atom stereocenters. The lowest BCUT2D eigenvalue weighted by molar-refractivity contribution is -0.0311. The molecule has 10 nitrogen and oxygen atoms in total. The van der Waals surface area contributed by atoms with Gasteiger partial charge >= 0.3 is 12.1 Å². The first kappa shape index (κ1) is 35.0. The number of ether oxygens (including phenoxy) is 4. The van der Waals surface area contributed by atoms with Gasteiger partial charge in [-0.15, -0.1) is 0 Å². The van der Waals surface area contributed by atoms with Crippen LogP contribution in [0.25, 0.3) is 0 Å². The topological polar surface area (TPSA) is 103 Å². The van der Waals surface area contributed by atoms with E-state index < -0.39 is 18.2 Å². The highest BCUT2D eigenvalue weighted by atomic mass is 35.5. The molecular formula is C39H40Cl2N4O6. The number of amides is 1. The van der Waals surface area contributed by atoms with Crippen LogP contribution in [0.15, 0.2) is 79.3 Å². The maximum Gasteiger partial charge on any atom is 0.416 e. The highest BCUT2D eigenvalue weighted by Crippen LogP contribution is 2.38. The molecular weight excluding hydrogens is 691 g/mol. The SMILES string of the molecule is COc1ccc([C@@H](Cc2c(Cl)cncc2Cl)OC(=O)c2ccc(CN(C(=O)O[C@H]3CN4CCC3CC4)c3ccccn3)cc2)cc1OCC1CC1. The number of anilines is 1. The molecule has 12 heteroatoms. The molecule has 5 heterocycles. The molecule has 0 N–H and O–H groups in total. The summed E-state index contributed by atoms with van der Waals surface area (Å²) in [6.07, 6.45) is 7.91. The number of benzene rings is 2. The molecule has 0 spiro atoms. The highest BCUT2D eigenvalue weighted by molar-refractivity contribution is 6.35. The van der Waals surface area contributed by atoms with Crippen molar-refractivity contribution in [3.8, 4) is 11.5 Å². The predicted octanol–water partition coefficient (Wildman–Crippen LogP) is 7.96. The van der Waals surface area contributed by atoms with E-state index in [9.17, 15) is 9.59 Å². The first-order valence-corrected chi connectivity index (χ1v) is 18.1. The average Bonchev–Trinajstić information content (AvgIpc) is 4.00. The van der Waals surface area contributed by atoms with Crippen molar-refractivity contribution in [3.05, 3.63) is 112 Å². The molecule has 2 aromatic heterocycles. The third kappa shape index (κ3) is 8.57. The van der Waals surface area contributed by atoms with Crippen LogP contribution in [0, 0.1) is 11.8 Å². The van der Waals surface area contributed by atoms with E-state index in [0.29, 0.717) is 62.5 Å². The first-order chi connectivity index (χ1) is 24.8. The van der Waals surface area contributed by atoms with Crippen molar-refractivity contribution in [2.75, 3.05) is 38.3 Å². The minimum absolute atomic E-state index is 0.139. The Hall–Kier alpha value is -4.38. The number of hydrogen-bond donors (Lipinski definition) is 0. The summed E-state index contributed by atoms with van der Waals surface area (Å²) in [7, 11) is 1.59. The number of pyridine rings is 2. The molecule has 0 radical (unpaired) electrons. The van der Waals surface area contributed by atoms with E-state index >= 15 is 0 Å². The Morgan fingerprint density at radius 2 is 1.73 bits per heavy atom. The quantitative estimate of drug-likeness (QED) is 0.127. The largest absolute Gasteiger partial charge is 0.493 e. The van der Waals surface area contributed by atoms with E-state index in [1.807, 2.05) is 18.2 Å². The lowest BCUT2D eigenvalue weighted by Crippen LogP contribution is -2.53. The van der Waals surface area contributed by atoms with Crippen molar-refractivity contribution in [1.29, 1.82) is 0 Å². The predicted molar refractivity (Wildman–Crippen MR) is 194 cm³/mol. The molecule has 3 saturated heterocycles. The number of carbonyl (C=O) groups is 2. The molecule has 2 aromatic carbocycles. The van der Waals surface area contributed by atoms with Gasteiger partial charge in [0.05, 0.1) is 35.9 Å². The van der Waals surface area contributed by atoms with Crippen LogP contribution in [0.1, 0.15) is 58.8 Å². The number of hydrogen-bond acceptors (Lipinski definition) is 9. The van der Waals surface area contributed by atoms with Gasteiger partial charge in [0.25, 0.3) is 0 Å². The molecule has 8 rings (SSSR count). The normalized spacial score (nSPS) is 19.9. The minimum atomic E-state index is -0.760. The zero-order valence-corrected chi connectivity index (χ0v) is 29.9. The Kier molecular flexibility index (Phi) is 10.9. The van der Waals surface area contributed by atoms with Crippen molar-refractivity contribution in [3.63, 3.8) is 0 Å². The number of esters is 1. The van der Waals surface area contributed by atoms with E-state index in [2.05, 4.69) is 14.9 Å². The number of piperidine rings is 3. The van der Waals surface area contributed by atoms with Gasteiger partial charge in [0.15, 0.2) is 11.5 Å². The van der Waals surface area contributed by atoms with Gasteiger partial charge in [-0.2, -0.15) is 0 Å². The van der Waals surface area contributed by atoms with Gasteiger partial charge < -0.3 is 18.9 Å². The second kappa shape index (κ2) is 15.9. The number of methoxy groups -OCH3 is 1. The second-order valence-electron chi connectivity index (χ2n) is 13.4. The summed E-state index contributed by atoms with van der Waals surface area (Å²) in [5.74, 6) is 2.03. The molecule has 51 heavy (non-hydrogen) atoms. The second-order valence-corrected chi connectivity index (χ2v) is 14.2. The van der Waals surface area contributed by atoms with E-state index in [0.717, 1.165) is 50.9 Å². The molecule has 1 amide bonds. The summed E-state index contributed by atoms with van der Waals surface area (Å²) in [6.45, 7) is 3.67. The van der Waals surface area contributed by atoms with Crippen LogP contribution in [0.3, 0.4) is 0 Å². The van der Waals surface area contributed by atoms with Gasteiger partial charge in [-0.3, -0.25) is 14.8 Å². The number of aromatic nitrogens is 2. The molecule has 4 fully saturated rings. The van der Waals surface area contributed by atoms with E-state index in [1.54, 1.807) is 55.8 Å². The Bertz CT molecular complexity index is 1810. The van der Waals surface area contributed by atoms with Crippen LogP contribution in [-0.2, 0) is 22.4 Å². The zero-order chi connectivity index (χ0) is 35.3. The Morgan fingerprint density at radius 1 is 0.961 bits per heavy atom. The summed E-state index contributed by atoms with van der Waals surface area (Å²) < 4.78 is 23.9. The maximum absolute atomic E-state index is 13.7. The van der Waals surface area contributed by atoms with Crippen molar-refractivity contribution < 1.29 is 28.5 Å². The molecule has 266 valence electrons. The number of carbonyl (C=O) groups excluding carboxylic acids is 2. The van der Waals surface area contributed by atoms with Gasteiger partial charge in [-0.25, -0.2) is 14.6 Å². The number of fused-ring (bicyclic) bond motifs is 3. The Morgan fingerprint density at radius 3 is 2.37 bits per heavy atom. The summed E-state index contributed by atoms with van der Waals surface area (Å²) in [6, 6.07) is 17.9. The first-order valence-electron chi connectivity index (χ1n) is 17.3. The fourth-order valence-corrected chi connectivity index (χ4v) is 7.18. The van der Waals surface area contributed by atoms with Crippen LogP contribution in [0.5, 0.6) is 11.5 Å². The van der Waals surface area contributed by atoms with Gasteiger partial charge in [0.2, 0.25) is 0 Å². The van der Waals surface area contributed by atoms with Gasteiger partial charge in [-0.1, -0.05) is 47.5 Å². The standard InChI is InChI=1S/C39H40Cl2N4O6/c1-48-33-12-11-29(18-35(33)49-24-26-5-6-26)34(19-30-31(40)20-42-21-32(30)41)50-38(46)28-9-7-25(8-10-28)22-45(37-4-2-3-15-43-37)39(47)51-36-23-44-16-13-27(36)14-17-44/h2-4,7-12,15,18,20-21,26-27,34,36H,5-6,13-14,16-17,19,22-24H2,1H3/t34-,36+/m1/s1. The van der Waals surface area contributed by atoms with Gasteiger partial charge in [0.1, 0.15) is 18.0 Å². The Labute approximate surface area is 307 Å². The number of nitrogens with zero attached hydrogens (tertiary/aromatic N) is 4. The van der Waals surface area contributed by atoms with Crippen molar-refractivity contribution in [2.24, 2.45) is 11.8 Å². The molecule has 1 saturated carbocycles. The van der Waals surface area contributed by atoms with E-state index in [4.69, 9.17) is 42.1 Å². The maximum atomic E-state index is 13.7. The Balaban J connectivity index is 1.09. The van der Waals surface area contributed by atoms with Crippen LogP contribution in [0.4, 0.5) is 10.6 Å². The summed E-state index contributed by atoms with van der Waals surface area (Å²) in [5.41, 5.74) is 2.44. The van der Waals surface area contributed by atoms with Crippen molar-refractivity contribution >= 4 is 41.1 Å². The monoisotopic (exact) mass is 730 g/mol. The smallest absolute Gasteiger partial charge is 0.416 e. The molecule has 2 atom stereocenters. The van der Waals surface area contributed by atoms with Crippen molar-refractivity contribution in [1.82, 2.24) is 14.9 Å². The van der Waals surface area contributed by atoms with Crippen LogP contribution in [0.2, 0.25) is 10.0 Å². The van der Waals surface area contributed by atoms with Gasteiger partial charge in [-0.05, 0) is 104 Å². The third-order valence-corrected chi connectivity index (χ3v) is 10.5. The molecule has 1 aliphatic carbocycles. The van der Waals surface area contributed by atoms with E-state index in [1.165, 1.54) is 17.3 Å². The fourth-order valence-electron chi connectivity index (χ4n) is 6.66.